The molecule has 3 aromatic rings. The van der Waals surface area contributed by atoms with E-state index in [0.717, 1.165) is 27.4 Å². The summed E-state index contributed by atoms with van der Waals surface area (Å²) in [4.78, 5) is 12.5. The van der Waals surface area contributed by atoms with Crippen molar-refractivity contribution in [2.75, 3.05) is 5.32 Å². The fourth-order valence-corrected chi connectivity index (χ4v) is 3.40. The molecule has 0 fully saturated rings. The monoisotopic (exact) mass is 292 g/mol. The zero-order valence-corrected chi connectivity index (χ0v) is 12.0. The molecule has 0 saturated carbocycles. The fourth-order valence-electron chi connectivity index (χ4n) is 2.61. The van der Waals surface area contributed by atoms with Gasteiger partial charge in [0.1, 0.15) is 5.00 Å². The lowest BCUT2D eigenvalue weighted by molar-refractivity contribution is 0.104. The topological polar surface area (TPSA) is 42.0 Å². The van der Waals surface area contributed by atoms with Crippen molar-refractivity contribution in [2.45, 2.75) is 6.54 Å². The van der Waals surface area contributed by atoms with Crippen LogP contribution in [0, 0.1) is 0 Å². The Bertz CT molecular complexity index is 824. The third-order valence-electron chi connectivity index (χ3n) is 3.64. The van der Waals surface area contributed by atoms with Crippen LogP contribution in [0.1, 0.15) is 21.5 Å². The van der Waals surface area contributed by atoms with Gasteiger partial charge in [-0.25, -0.2) is 0 Å². The van der Waals surface area contributed by atoms with Gasteiger partial charge in [-0.2, -0.15) is 4.37 Å². The summed E-state index contributed by atoms with van der Waals surface area (Å²) in [6.45, 7) is 0.694. The number of aromatic nitrogens is 1. The van der Waals surface area contributed by atoms with Crippen molar-refractivity contribution >= 4 is 22.3 Å². The molecule has 0 amide bonds. The Morgan fingerprint density at radius 2 is 1.67 bits per heavy atom. The van der Waals surface area contributed by atoms with Crippen LogP contribution < -0.4 is 5.32 Å². The van der Waals surface area contributed by atoms with Crippen molar-refractivity contribution in [3.8, 4) is 11.3 Å². The lowest BCUT2D eigenvalue weighted by atomic mass is 10.1. The Morgan fingerprint density at radius 1 is 0.952 bits per heavy atom. The van der Waals surface area contributed by atoms with Gasteiger partial charge in [0, 0.05) is 17.7 Å². The van der Waals surface area contributed by atoms with Gasteiger partial charge in [-0.05, 0) is 17.1 Å². The van der Waals surface area contributed by atoms with Gasteiger partial charge in [0.25, 0.3) is 0 Å². The van der Waals surface area contributed by atoms with E-state index in [-0.39, 0.29) is 5.78 Å². The fraction of sp³-hybridized carbons (Fsp3) is 0.0588. The lowest BCUT2D eigenvalue weighted by Crippen LogP contribution is -2.02. The summed E-state index contributed by atoms with van der Waals surface area (Å²) in [6.07, 6.45) is 0. The van der Waals surface area contributed by atoms with Gasteiger partial charge >= 0.3 is 0 Å². The second kappa shape index (κ2) is 4.82. The number of anilines is 1. The van der Waals surface area contributed by atoms with Gasteiger partial charge in [-0.15, -0.1) is 0 Å². The van der Waals surface area contributed by atoms with Crippen LogP contribution in [0.25, 0.3) is 11.3 Å². The first-order chi connectivity index (χ1) is 10.3. The Hall–Kier alpha value is -2.46. The maximum atomic E-state index is 12.5. The van der Waals surface area contributed by atoms with Crippen molar-refractivity contribution in [1.82, 2.24) is 4.37 Å². The quantitative estimate of drug-likeness (QED) is 0.621. The molecule has 1 heterocycles. The molecule has 0 unspecified atom stereocenters. The summed E-state index contributed by atoms with van der Waals surface area (Å²) >= 11 is 1.36. The minimum atomic E-state index is 0.0740. The van der Waals surface area contributed by atoms with Crippen LogP contribution >= 0.6 is 11.5 Å². The Morgan fingerprint density at radius 3 is 2.48 bits per heavy atom. The molecule has 3 nitrogen and oxygen atoms in total. The third kappa shape index (κ3) is 1.96. The Balaban J connectivity index is 1.66. The van der Waals surface area contributed by atoms with Gasteiger partial charge in [-0.1, -0.05) is 54.6 Å². The maximum Gasteiger partial charge on any atom is 0.198 e. The van der Waals surface area contributed by atoms with Crippen LogP contribution in [0.4, 0.5) is 5.00 Å². The number of carbonyl (C=O) groups excluding carboxylic acids is 1. The summed E-state index contributed by atoms with van der Waals surface area (Å²) < 4.78 is 4.46. The SMILES string of the molecule is O=C1c2ccccc2-c2nsc(NCc3ccccc3)c21. The number of hydrogen-bond donors (Lipinski definition) is 1. The van der Waals surface area contributed by atoms with E-state index in [1.165, 1.54) is 17.1 Å². The predicted molar refractivity (Wildman–Crippen MR) is 84.8 cm³/mol. The molecule has 1 N–H and O–H groups in total. The zero-order chi connectivity index (χ0) is 14.2. The summed E-state index contributed by atoms with van der Waals surface area (Å²) in [5.74, 6) is 0.0740. The van der Waals surface area contributed by atoms with E-state index >= 15 is 0 Å². The lowest BCUT2D eigenvalue weighted by Gasteiger charge is -2.04. The minimum Gasteiger partial charge on any atom is -0.371 e. The molecule has 0 saturated heterocycles. The van der Waals surface area contributed by atoms with E-state index in [4.69, 9.17) is 0 Å². The summed E-state index contributed by atoms with van der Waals surface area (Å²) in [5.41, 5.74) is 4.42. The van der Waals surface area contributed by atoms with Gasteiger partial charge in [0.05, 0.1) is 11.3 Å². The van der Waals surface area contributed by atoms with Gasteiger partial charge < -0.3 is 5.32 Å². The van der Waals surface area contributed by atoms with Crippen LogP contribution in [0.5, 0.6) is 0 Å². The molecule has 0 bridgehead atoms. The standard InChI is InChI=1S/C17H12N2OS/c20-16-13-9-5-4-8-12(13)15-14(16)17(21-19-15)18-10-11-6-2-1-3-7-11/h1-9,18H,10H2. The van der Waals surface area contributed by atoms with Crippen molar-refractivity contribution < 1.29 is 4.79 Å². The van der Waals surface area contributed by atoms with Gasteiger partial charge in [0.15, 0.2) is 5.78 Å². The normalized spacial score (nSPS) is 12.1. The summed E-state index contributed by atoms with van der Waals surface area (Å²) in [6, 6.07) is 17.8. The first-order valence-electron chi connectivity index (χ1n) is 6.76. The number of carbonyl (C=O) groups is 1. The van der Waals surface area contributed by atoms with Crippen LogP contribution in [-0.2, 0) is 6.54 Å². The largest absolute Gasteiger partial charge is 0.371 e. The van der Waals surface area contributed by atoms with Gasteiger partial charge in [0.2, 0.25) is 0 Å². The zero-order valence-electron chi connectivity index (χ0n) is 11.2. The molecule has 0 spiro atoms. The van der Waals surface area contributed by atoms with Crippen LogP contribution in [0.3, 0.4) is 0 Å². The summed E-state index contributed by atoms with van der Waals surface area (Å²) in [7, 11) is 0. The molecular weight excluding hydrogens is 280 g/mol. The highest BCUT2D eigenvalue weighted by Crippen LogP contribution is 2.41. The molecule has 2 aromatic carbocycles. The average molecular weight is 292 g/mol. The summed E-state index contributed by atoms with van der Waals surface area (Å²) in [5, 5.41) is 4.20. The number of hydrogen-bond acceptors (Lipinski definition) is 4. The molecule has 1 aliphatic rings. The van der Waals surface area contributed by atoms with E-state index in [1.54, 1.807) is 0 Å². The maximum absolute atomic E-state index is 12.5. The number of ketones is 1. The second-order valence-corrected chi connectivity index (χ2v) is 5.72. The average Bonchev–Trinajstić information content (AvgIpc) is 3.07. The number of nitrogens with zero attached hydrogens (tertiary/aromatic N) is 1. The molecule has 0 aliphatic heterocycles. The molecule has 1 aliphatic carbocycles. The number of benzene rings is 2. The highest BCUT2D eigenvalue weighted by molar-refractivity contribution is 7.11. The third-order valence-corrected chi connectivity index (χ3v) is 4.45. The Labute approximate surface area is 126 Å². The van der Waals surface area contributed by atoms with Crippen molar-refractivity contribution in [2.24, 2.45) is 0 Å². The molecule has 4 heteroatoms. The molecular formula is C17H12N2OS. The Kier molecular flexibility index (Phi) is 2.82. The number of rotatable bonds is 3. The van der Waals surface area contributed by atoms with Crippen molar-refractivity contribution in [3.63, 3.8) is 0 Å². The van der Waals surface area contributed by atoms with Crippen LogP contribution in [-0.4, -0.2) is 10.2 Å². The minimum absolute atomic E-state index is 0.0740. The number of nitrogens with one attached hydrogen (secondary N) is 1. The van der Waals surface area contributed by atoms with Gasteiger partial charge in [-0.3, -0.25) is 4.79 Å². The predicted octanol–water partition coefficient (Wildman–Crippen LogP) is 3.97. The van der Waals surface area contributed by atoms with E-state index in [0.29, 0.717) is 6.54 Å². The first-order valence-corrected chi connectivity index (χ1v) is 7.53. The number of fused-ring (bicyclic) bond motifs is 3. The van der Waals surface area contributed by atoms with E-state index in [1.807, 2.05) is 42.5 Å². The molecule has 1 aromatic heterocycles. The van der Waals surface area contributed by atoms with Crippen molar-refractivity contribution in [1.29, 1.82) is 0 Å². The van der Waals surface area contributed by atoms with Crippen LogP contribution in [0.15, 0.2) is 54.6 Å². The molecule has 0 atom stereocenters. The molecule has 21 heavy (non-hydrogen) atoms. The molecule has 102 valence electrons. The van der Waals surface area contributed by atoms with E-state index in [9.17, 15) is 4.79 Å². The molecule has 0 radical (unpaired) electrons. The first kappa shape index (κ1) is 12.3. The van der Waals surface area contributed by atoms with E-state index < -0.39 is 0 Å². The highest BCUT2D eigenvalue weighted by Gasteiger charge is 2.32. The van der Waals surface area contributed by atoms with Crippen LogP contribution in [0.2, 0.25) is 0 Å². The molecule has 4 rings (SSSR count). The van der Waals surface area contributed by atoms with E-state index in [2.05, 4.69) is 21.8 Å². The highest BCUT2D eigenvalue weighted by atomic mass is 32.1. The van der Waals surface area contributed by atoms with Crippen molar-refractivity contribution in [3.05, 3.63) is 71.3 Å². The second-order valence-electron chi connectivity index (χ2n) is 4.95. The smallest absolute Gasteiger partial charge is 0.198 e.